The number of ketones is 1. The number of amides is 1. The number of anilines is 1. The summed E-state index contributed by atoms with van der Waals surface area (Å²) < 4.78 is 28.3. The SMILES string of the molecule is CC(=O)c1cccc(NC(=O)Cn2cccc(S(=O)(=O)N3CCC(C)CC3)c2=O)c1. The predicted octanol–water partition coefficient (Wildman–Crippen LogP) is 2.11. The van der Waals surface area contributed by atoms with Gasteiger partial charge < -0.3 is 9.88 Å². The molecule has 30 heavy (non-hydrogen) atoms. The molecule has 160 valence electrons. The number of pyridine rings is 1. The highest BCUT2D eigenvalue weighted by atomic mass is 32.2. The summed E-state index contributed by atoms with van der Waals surface area (Å²) >= 11 is 0. The molecule has 1 aliphatic rings. The molecule has 3 rings (SSSR count). The summed E-state index contributed by atoms with van der Waals surface area (Å²) in [4.78, 5) is 36.3. The third-order valence-corrected chi connectivity index (χ3v) is 7.12. The molecule has 9 heteroatoms. The highest BCUT2D eigenvalue weighted by Gasteiger charge is 2.30. The second kappa shape index (κ2) is 8.93. The molecule has 0 spiro atoms. The lowest BCUT2D eigenvalue weighted by molar-refractivity contribution is -0.116. The molecule has 1 aromatic carbocycles. The minimum Gasteiger partial charge on any atom is -0.325 e. The lowest BCUT2D eigenvalue weighted by Crippen LogP contribution is -2.41. The lowest BCUT2D eigenvalue weighted by atomic mass is 10.0. The second-order valence-corrected chi connectivity index (χ2v) is 9.48. The van der Waals surface area contributed by atoms with Gasteiger partial charge in [-0.3, -0.25) is 14.4 Å². The Morgan fingerprint density at radius 1 is 1.13 bits per heavy atom. The van der Waals surface area contributed by atoms with E-state index < -0.39 is 21.5 Å². The number of piperidine rings is 1. The van der Waals surface area contributed by atoms with Crippen molar-refractivity contribution < 1.29 is 18.0 Å². The monoisotopic (exact) mass is 431 g/mol. The Balaban J connectivity index is 1.78. The average molecular weight is 432 g/mol. The molecule has 1 N–H and O–H groups in total. The number of nitrogens with one attached hydrogen (secondary N) is 1. The van der Waals surface area contributed by atoms with Crippen LogP contribution in [0.15, 0.2) is 52.3 Å². The number of benzene rings is 1. The molecule has 1 aromatic heterocycles. The highest BCUT2D eigenvalue weighted by molar-refractivity contribution is 7.89. The molecule has 0 atom stereocenters. The largest absolute Gasteiger partial charge is 0.325 e. The summed E-state index contributed by atoms with van der Waals surface area (Å²) in [6.07, 6.45) is 2.88. The molecule has 2 heterocycles. The number of Topliss-reactive ketones (excluding diaryl/α,β-unsaturated/α-hetero) is 1. The van der Waals surface area contributed by atoms with E-state index in [0.29, 0.717) is 30.3 Å². The zero-order valence-corrected chi connectivity index (χ0v) is 17.8. The first-order valence-electron chi connectivity index (χ1n) is 9.79. The van der Waals surface area contributed by atoms with Gasteiger partial charge in [-0.2, -0.15) is 4.31 Å². The maximum atomic E-state index is 12.9. The fourth-order valence-electron chi connectivity index (χ4n) is 3.37. The van der Waals surface area contributed by atoms with Crippen LogP contribution in [-0.2, 0) is 21.4 Å². The molecule has 0 aliphatic carbocycles. The standard InChI is InChI=1S/C21H25N3O5S/c1-15-8-11-24(12-9-15)30(28,29)19-7-4-10-23(21(19)27)14-20(26)22-18-6-3-5-17(13-18)16(2)25/h3-7,10,13,15H,8-9,11-12,14H2,1-2H3,(H,22,26). The maximum absolute atomic E-state index is 12.9. The number of hydrogen-bond donors (Lipinski definition) is 1. The van der Waals surface area contributed by atoms with Gasteiger partial charge in [0.25, 0.3) is 5.56 Å². The van der Waals surface area contributed by atoms with E-state index in [1.54, 1.807) is 24.3 Å². The molecule has 0 saturated carbocycles. The lowest BCUT2D eigenvalue weighted by Gasteiger charge is -2.29. The van der Waals surface area contributed by atoms with Crippen molar-refractivity contribution in [3.63, 3.8) is 0 Å². The van der Waals surface area contributed by atoms with Crippen molar-refractivity contribution in [2.75, 3.05) is 18.4 Å². The van der Waals surface area contributed by atoms with Crippen LogP contribution in [0.25, 0.3) is 0 Å². The average Bonchev–Trinajstić information content (AvgIpc) is 2.70. The first-order valence-corrected chi connectivity index (χ1v) is 11.2. The summed E-state index contributed by atoms with van der Waals surface area (Å²) in [5.41, 5.74) is 0.143. The number of sulfonamides is 1. The number of carbonyl (C=O) groups is 2. The van der Waals surface area contributed by atoms with Gasteiger partial charge >= 0.3 is 0 Å². The van der Waals surface area contributed by atoms with Crippen LogP contribution in [0.2, 0.25) is 0 Å². The van der Waals surface area contributed by atoms with Gasteiger partial charge in [-0.15, -0.1) is 0 Å². The van der Waals surface area contributed by atoms with Crippen molar-refractivity contribution in [2.45, 2.75) is 38.1 Å². The van der Waals surface area contributed by atoms with E-state index in [0.717, 1.165) is 17.4 Å². The first kappa shape index (κ1) is 21.9. The minimum absolute atomic E-state index is 0.132. The zero-order valence-electron chi connectivity index (χ0n) is 17.0. The Labute approximate surface area is 175 Å². The smallest absolute Gasteiger partial charge is 0.271 e. The van der Waals surface area contributed by atoms with Crippen LogP contribution in [0, 0.1) is 5.92 Å². The van der Waals surface area contributed by atoms with Crippen molar-refractivity contribution in [3.05, 3.63) is 58.5 Å². The highest BCUT2D eigenvalue weighted by Crippen LogP contribution is 2.21. The molecule has 1 amide bonds. The summed E-state index contributed by atoms with van der Waals surface area (Å²) in [6, 6.07) is 9.18. The molecule has 1 saturated heterocycles. The topological polar surface area (TPSA) is 106 Å². The molecule has 0 unspecified atom stereocenters. The zero-order chi connectivity index (χ0) is 21.9. The van der Waals surface area contributed by atoms with Crippen molar-refractivity contribution in [1.29, 1.82) is 0 Å². The van der Waals surface area contributed by atoms with E-state index in [9.17, 15) is 22.8 Å². The molecule has 2 aromatic rings. The van der Waals surface area contributed by atoms with Crippen LogP contribution in [0.1, 0.15) is 37.0 Å². The summed E-state index contributed by atoms with van der Waals surface area (Å²) in [6.45, 7) is 3.92. The Hall–Kier alpha value is -2.78. The van der Waals surface area contributed by atoms with Crippen molar-refractivity contribution >= 4 is 27.4 Å². The first-order chi connectivity index (χ1) is 14.2. The van der Waals surface area contributed by atoms with Crippen LogP contribution in [-0.4, -0.2) is 42.1 Å². The van der Waals surface area contributed by atoms with Crippen LogP contribution < -0.4 is 10.9 Å². The summed E-state index contributed by atoms with van der Waals surface area (Å²) in [5.74, 6) is -0.180. The second-order valence-electron chi connectivity index (χ2n) is 7.58. The van der Waals surface area contributed by atoms with Gasteiger partial charge in [-0.1, -0.05) is 19.1 Å². The minimum atomic E-state index is -3.92. The molecular weight excluding hydrogens is 406 g/mol. The van der Waals surface area contributed by atoms with E-state index in [4.69, 9.17) is 0 Å². The summed E-state index contributed by atoms with van der Waals surface area (Å²) in [7, 11) is -3.92. The number of carbonyl (C=O) groups excluding carboxylic acids is 2. The van der Waals surface area contributed by atoms with Crippen LogP contribution in [0.4, 0.5) is 5.69 Å². The van der Waals surface area contributed by atoms with Crippen LogP contribution >= 0.6 is 0 Å². The van der Waals surface area contributed by atoms with E-state index in [-0.39, 0.29) is 17.2 Å². The normalized spacial score (nSPS) is 15.7. The van der Waals surface area contributed by atoms with E-state index in [2.05, 4.69) is 12.2 Å². The summed E-state index contributed by atoms with van der Waals surface area (Å²) in [5, 5.41) is 2.63. The molecule has 1 fully saturated rings. The number of hydrogen-bond acceptors (Lipinski definition) is 5. The Bertz CT molecular complexity index is 1120. The van der Waals surface area contributed by atoms with Gasteiger partial charge in [0.15, 0.2) is 5.78 Å². The third-order valence-electron chi connectivity index (χ3n) is 5.21. The molecule has 1 aliphatic heterocycles. The Kier molecular flexibility index (Phi) is 6.52. The fourth-order valence-corrected chi connectivity index (χ4v) is 4.93. The van der Waals surface area contributed by atoms with Gasteiger partial charge in [0.1, 0.15) is 11.4 Å². The van der Waals surface area contributed by atoms with Gasteiger partial charge in [0.2, 0.25) is 15.9 Å². The van der Waals surface area contributed by atoms with Gasteiger partial charge in [-0.25, -0.2) is 8.42 Å². The van der Waals surface area contributed by atoms with Crippen molar-refractivity contribution in [2.24, 2.45) is 5.92 Å². The van der Waals surface area contributed by atoms with Crippen LogP contribution in [0.5, 0.6) is 0 Å². The molecule has 0 radical (unpaired) electrons. The number of nitrogens with zero attached hydrogens (tertiary/aromatic N) is 2. The van der Waals surface area contributed by atoms with E-state index in [1.807, 2.05) is 0 Å². The van der Waals surface area contributed by atoms with E-state index >= 15 is 0 Å². The predicted molar refractivity (Wildman–Crippen MR) is 113 cm³/mol. The molecular formula is C21H25N3O5S. The third kappa shape index (κ3) is 4.85. The Morgan fingerprint density at radius 2 is 1.83 bits per heavy atom. The van der Waals surface area contributed by atoms with Crippen LogP contribution in [0.3, 0.4) is 0 Å². The van der Waals surface area contributed by atoms with E-state index in [1.165, 1.54) is 29.6 Å². The Morgan fingerprint density at radius 3 is 2.50 bits per heavy atom. The van der Waals surface area contributed by atoms with Gasteiger partial charge in [0, 0.05) is 30.5 Å². The van der Waals surface area contributed by atoms with Crippen molar-refractivity contribution in [3.8, 4) is 0 Å². The number of rotatable bonds is 6. The van der Waals surface area contributed by atoms with Gasteiger partial charge in [0.05, 0.1) is 0 Å². The molecule has 0 bridgehead atoms. The van der Waals surface area contributed by atoms with Gasteiger partial charge in [-0.05, 0) is 49.9 Å². The fraction of sp³-hybridized carbons (Fsp3) is 0.381. The maximum Gasteiger partial charge on any atom is 0.271 e. The quantitative estimate of drug-likeness (QED) is 0.705. The van der Waals surface area contributed by atoms with Crippen molar-refractivity contribution in [1.82, 2.24) is 8.87 Å². The molecule has 8 nitrogen and oxygen atoms in total. The number of aromatic nitrogens is 1.